The first kappa shape index (κ1) is 16.6. The first-order valence-corrected chi connectivity index (χ1v) is 8.72. The average molecular weight is 363 g/mol. The highest BCUT2D eigenvalue weighted by molar-refractivity contribution is 7.98. The summed E-state index contributed by atoms with van der Waals surface area (Å²) in [6.07, 6.45) is 5.05. The number of rotatable bonds is 6. The predicted octanol–water partition coefficient (Wildman–Crippen LogP) is 4.02. The summed E-state index contributed by atoms with van der Waals surface area (Å²) in [6.45, 7) is 2.24. The van der Waals surface area contributed by atoms with Gasteiger partial charge in [-0.05, 0) is 36.9 Å². The van der Waals surface area contributed by atoms with Gasteiger partial charge in [-0.15, -0.1) is 10.2 Å². The van der Waals surface area contributed by atoms with E-state index in [1.807, 2.05) is 37.4 Å². The number of nitrogens with zero attached hydrogens (tertiary/aromatic N) is 4. The summed E-state index contributed by atoms with van der Waals surface area (Å²) in [5.41, 5.74) is 0.980. The van der Waals surface area contributed by atoms with E-state index in [-0.39, 0.29) is 0 Å². The minimum absolute atomic E-state index is 0.293. The SMILES string of the molecule is CSc1nncn1/N=C\c1ccc(COc2c(C)cccc2Cl)o1. The molecule has 2 heterocycles. The zero-order chi connectivity index (χ0) is 16.9. The Kier molecular flexibility index (Phi) is 5.22. The number of hydrogen-bond acceptors (Lipinski definition) is 6. The molecule has 0 fully saturated rings. The monoisotopic (exact) mass is 362 g/mol. The molecular formula is C16H15ClN4O2S. The molecule has 1 aromatic carbocycles. The predicted molar refractivity (Wildman–Crippen MR) is 94.0 cm³/mol. The fourth-order valence-electron chi connectivity index (χ4n) is 2.04. The molecule has 0 aliphatic rings. The van der Waals surface area contributed by atoms with Crippen LogP contribution in [0.2, 0.25) is 5.02 Å². The second kappa shape index (κ2) is 7.55. The molecule has 3 rings (SSSR count). The van der Waals surface area contributed by atoms with Crippen LogP contribution >= 0.6 is 23.4 Å². The maximum Gasteiger partial charge on any atom is 0.211 e. The van der Waals surface area contributed by atoms with E-state index in [1.165, 1.54) is 18.1 Å². The number of benzene rings is 1. The molecule has 0 radical (unpaired) electrons. The molecule has 0 aliphatic carbocycles. The van der Waals surface area contributed by atoms with Crippen molar-refractivity contribution in [2.24, 2.45) is 5.10 Å². The van der Waals surface area contributed by atoms with Gasteiger partial charge in [0, 0.05) is 0 Å². The van der Waals surface area contributed by atoms with Gasteiger partial charge in [0.1, 0.15) is 30.2 Å². The lowest BCUT2D eigenvalue weighted by Crippen LogP contribution is -1.96. The van der Waals surface area contributed by atoms with Crippen LogP contribution in [0.15, 0.2) is 51.3 Å². The van der Waals surface area contributed by atoms with Crippen LogP contribution in [0.3, 0.4) is 0 Å². The van der Waals surface area contributed by atoms with Crippen molar-refractivity contribution in [3.05, 3.63) is 58.8 Å². The number of halogens is 1. The lowest BCUT2D eigenvalue weighted by molar-refractivity contribution is 0.268. The summed E-state index contributed by atoms with van der Waals surface area (Å²) in [5.74, 6) is 1.97. The molecule has 0 saturated heterocycles. The summed E-state index contributed by atoms with van der Waals surface area (Å²) >= 11 is 7.61. The fourth-order valence-corrected chi connectivity index (χ4v) is 2.72. The van der Waals surface area contributed by atoms with Crippen molar-refractivity contribution in [3.63, 3.8) is 0 Å². The third-order valence-corrected chi connectivity index (χ3v) is 4.13. The van der Waals surface area contributed by atoms with Crippen molar-refractivity contribution >= 4 is 29.6 Å². The van der Waals surface area contributed by atoms with E-state index in [0.29, 0.717) is 34.1 Å². The number of thioether (sulfide) groups is 1. The molecule has 0 saturated carbocycles. The van der Waals surface area contributed by atoms with Gasteiger partial charge in [-0.3, -0.25) is 0 Å². The first-order chi connectivity index (χ1) is 11.7. The van der Waals surface area contributed by atoms with Gasteiger partial charge in [0.05, 0.1) is 11.2 Å². The van der Waals surface area contributed by atoms with Gasteiger partial charge in [-0.25, -0.2) is 0 Å². The van der Waals surface area contributed by atoms with Gasteiger partial charge < -0.3 is 9.15 Å². The Hall–Kier alpha value is -2.25. The van der Waals surface area contributed by atoms with E-state index in [4.69, 9.17) is 20.8 Å². The van der Waals surface area contributed by atoms with Gasteiger partial charge in [0.25, 0.3) is 0 Å². The molecule has 3 aromatic rings. The normalized spacial score (nSPS) is 11.3. The van der Waals surface area contributed by atoms with Crippen LogP contribution in [0.5, 0.6) is 5.75 Å². The minimum Gasteiger partial charge on any atom is -0.484 e. The number of ether oxygens (including phenoxy) is 1. The summed E-state index contributed by atoms with van der Waals surface area (Å²) < 4.78 is 13.0. The second-order valence-corrected chi connectivity index (χ2v) is 6.07. The molecule has 124 valence electrons. The number of furan rings is 1. The van der Waals surface area contributed by atoms with Crippen molar-refractivity contribution in [2.75, 3.05) is 6.26 Å². The van der Waals surface area contributed by atoms with Gasteiger partial charge in [0.2, 0.25) is 5.16 Å². The van der Waals surface area contributed by atoms with E-state index < -0.39 is 0 Å². The smallest absolute Gasteiger partial charge is 0.211 e. The molecule has 6 nitrogen and oxygen atoms in total. The summed E-state index contributed by atoms with van der Waals surface area (Å²) in [6, 6.07) is 9.30. The lowest BCUT2D eigenvalue weighted by Gasteiger charge is -2.09. The summed E-state index contributed by atoms with van der Waals surface area (Å²) in [5, 5.41) is 13.3. The van der Waals surface area contributed by atoms with Crippen LogP contribution in [0, 0.1) is 6.92 Å². The van der Waals surface area contributed by atoms with Crippen LogP contribution in [0.4, 0.5) is 0 Å². The standard InChI is InChI=1S/C16H15ClN4O2S/c1-11-4-3-5-14(17)15(11)22-9-13-7-6-12(23-13)8-19-21-10-18-20-16(21)24-2/h3-8,10H,9H2,1-2H3/b19-8-. The molecule has 8 heteroatoms. The molecule has 2 aromatic heterocycles. The van der Waals surface area contributed by atoms with Crippen LogP contribution in [-0.4, -0.2) is 27.3 Å². The topological polar surface area (TPSA) is 65.4 Å². The Morgan fingerprint density at radius 1 is 1.38 bits per heavy atom. The Morgan fingerprint density at radius 3 is 3.04 bits per heavy atom. The quantitative estimate of drug-likeness (QED) is 0.489. The van der Waals surface area contributed by atoms with Gasteiger partial charge >= 0.3 is 0 Å². The van der Waals surface area contributed by atoms with Crippen LogP contribution < -0.4 is 4.74 Å². The van der Waals surface area contributed by atoms with Crippen LogP contribution in [-0.2, 0) is 6.61 Å². The molecule has 0 spiro atoms. The van der Waals surface area contributed by atoms with E-state index in [2.05, 4.69) is 15.3 Å². The Bertz CT molecular complexity index is 839. The molecule has 0 N–H and O–H groups in total. The van der Waals surface area contributed by atoms with Crippen molar-refractivity contribution in [1.29, 1.82) is 0 Å². The van der Waals surface area contributed by atoms with E-state index >= 15 is 0 Å². The number of aromatic nitrogens is 3. The van der Waals surface area contributed by atoms with Gasteiger partial charge in [-0.2, -0.15) is 9.78 Å². The van der Waals surface area contributed by atoms with Crippen LogP contribution in [0.25, 0.3) is 0 Å². The molecule has 0 atom stereocenters. The van der Waals surface area contributed by atoms with Gasteiger partial charge in [-0.1, -0.05) is 35.5 Å². The van der Waals surface area contributed by atoms with Crippen molar-refractivity contribution in [1.82, 2.24) is 14.9 Å². The third kappa shape index (κ3) is 3.80. The Labute approximate surface area is 148 Å². The van der Waals surface area contributed by atoms with E-state index in [1.54, 1.807) is 17.0 Å². The van der Waals surface area contributed by atoms with E-state index in [0.717, 1.165) is 5.56 Å². The number of aryl methyl sites for hydroxylation is 1. The molecule has 0 unspecified atom stereocenters. The summed E-state index contributed by atoms with van der Waals surface area (Å²) in [4.78, 5) is 0. The van der Waals surface area contributed by atoms with Gasteiger partial charge in [0.15, 0.2) is 0 Å². The Balaban J connectivity index is 1.66. The number of para-hydroxylation sites is 1. The third-order valence-electron chi connectivity index (χ3n) is 3.20. The average Bonchev–Trinajstić information content (AvgIpc) is 3.21. The zero-order valence-corrected chi connectivity index (χ0v) is 14.7. The molecular weight excluding hydrogens is 348 g/mol. The highest BCUT2D eigenvalue weighted by atomic mass is 35.5. The highest BCUT2D eigenvalue weighted by Crippen LogP contribution is 2.28. The fraction of sp³-hybridized carbons (Fsp3) is 0.188. The van der Waals surface area contributed by atoms with Crippen LogP contribution in [0.1, 0.15) is 17.1 Å². The molecule has 0 aliphatic heterocycles. The minimum atomic E-state index is 0.293. The first-order valence-electron chi connectivity index (χ1n) is 7.12. The molecule has 0 bridgehead atoms. The number of hydrogen-bond donors (Lipinski definition) is 0. The molecule has 24 heavy (non-hydrogen) atoms. The van der Waals surface area contributed by atoms with Crippen molar-refractivity contribution in [3.8, 4) is 5.75 Å². The summed E-state index contributed by atoms with van der Waals surface area (Å²) in [7, 11) is 0. The van der Waals surface area contributed by atoms with E-state index in [9.17, 15) is 0 Å². The zero-order valence-electron chi connectivity index (χ0n) is 13.1. The van der Waals surface area contributed by atoms with Crippen molar-refractivity contribution in [2.45, 2.75) is 18.7 Å². The Morgan fingerprint density at radius 2 is 2.25 bits per heavy atom. The lowest BCUT2D eigenvalue weighted by atomic mass is 10.2. The molecule has 0 amide bonds. The second-order valence-electron chi connectivity index (χ2n) is 4.89. The largest absolute Gasteiger partial charge is 0.484 e. The maximum absolute atomic E-state index is 6.14. The van der Waals surface area contributed by atoms with Crippen molar-refractivity contribution < 1.29 is 9.15 Å². The highest BCUT2D eigenvalue weighted by Gasteiger charge is 2.07. The maximum atomic E-state index is 6.14.